The van der Waals surface area contributed by atoms with Crippen LogP contribution in [0.15, 0.2) is 41.3 Å². The summed E-state index contributed by atoms with van der Waals surface area (Å²) >= 11 is 0. The Kier molecular flexibility index (Phi) is 3.63. The summed E-state index contributed by atoms with van der Waals surface area (Å²) in [6.07, 6.45) is 1.14. The van der Waals surface area contributed by atoms with Crippen molar-refractivity contribution < 1.29 is 13.2 Å². The number of benzene rings is 2. The van der Waals surface area contributed by atoms with Crippen LogP contribution < -0.4 is 5.73 Å². The summed E-state index contributed by atoms with van der Waals surface area (Å²) in [6.45, 7) is 1.71. The molecule has 2 rings (SSSR count). The van der Waals surface area contributed by atoms with Crippen molar-refractivity contribution in [1.29, 1.82) is 0 Å². The molecule has 0 unspecified atom stereocenters. The fourth-order valence-corrected chi connectivity index (χ4v) is 3.07. The Balaban J connectivity index is 2.84. The molecule has 2 N–H and O–H groups in total. The Labute approximate surface area is 118 Å². The molecule has 0 aliphatic heterocycles. The van der Waals surface area contributed by atoms with Crippen LogP contribution in [0.5, 0.6) is 0 Å². The van der Waals surface area contributed by atoms with Gasteiger partial charge in [0.25, 0.3) is 0 Å². The SMILES string of the molecule is Cc1[c]ccc(-c2ccccc2S(C)(=O)=O)c1C(N)=O. The number of carbonyl (C=O) groups excluding carboxylic acids is 1. The number of carbonyl (C=O) groups is 1. The van der Waals surface area contributed by atoms with Gasteiger partial charge < -0.3 is 5.73 Å². The average molecular weight is 288 g/mol. The van der Waals surface area contributed by atoms with Gasteiger partial charge in [-0.3, -0.25) is 4.79 Å². The maximum Gasteiger partial charge on any atom is 0.249 e. The summed E-state index contributed by atoms with van der Waals surface area (Å²) in [5, 5.41) is 0. The molecule has 1 radical (unpaired) electrons. The van der Waals surface area contributed by atoms with Gasteiger partial charge in [-0.25, -0.2) is 8.42 Å². The Bertz CT molecular complexity index is 779. The van der Waals surface area contributed by atoms with Crippen LogP contribution >= 0.6 is 0 Å². The summed E-state index contributed by atoms with van der Waals surface area (Å²) in [5.41, 5.74) is 7.28. The first-order chi connectivity index (χ1) is 9.32. The van der Waals surface area contributed by atoms with E-state index in [-0.39, 0.29) is 4.90 Å². The van der Waals surface area contributed by atoms with Crippen molar-refractivity contribution in [2.24, 2.45) is 5.73 Å². The lowest BCUT2D eigenvalue weighted by atomic mass is 9.95. The smallest absolute Gasteiger partial charge is 0.249 e. The molecule has 0 heterocycles. The minimum Gasteiger partial charge on any atom is -0.366 e. The van der Waals surface area contributed by atoms with Crippen LogP contribution in [0.25, 0.3) is 11.1 Å². The van der Waals surface area contributed by atoms with E-state index in [4.69, 9.17) is 5.73 Å². The molecular weight excluding hydrogens is 274 g/mol. The van der Waals surface area contributed by atoms with Crippen LogP contribution in [-0.2, 0) is 9.84 Å². The highest BCUT2D eigenvalue weighted by molar-refractivity contribution is 7.90. The van der Waals surface area contributed by atoms with Crippen molar-refractivity contribution in [1.82, 2.24) is 0 Å². The summed E-state index contributed by atoms with van der Waals surface area (Å²) in [4.78, 5) is 11.8. The molecule has 0 spiro atoms. The predicted octanol–water partition coefficient (Wildman–Crippen LogP) is 1.96. The second-order valence-electron chi connectivity index (χ2n) is 4.52. The van der Waals surface area contributed by atoms with Gasteiger partial charge in [-0.15, -0.1) is 0 Å². The molecule has 0 saturated carbocycles. The molecule has 0 aromatic heterocycles. The van der Waals surface area contributed by atoms with Crippen molar-refractivity contribution in [3.05, 3.63) is 53.6 Å². The third kappa shape index (κ3) is 2.58. The van der Waals surface area contributed by atoms with E-state index in [1.165, 1.54) is 6.07 Å². The first-order valence-electron chi connectivity index (χ1n) is 5.93. The number of amides is 1. The second kappa shape index (κ2) is 5.09. The van der Waals surface area contributed by atoms with Crippen LogP contribution in [0.1, 0.15) is 15.9 Å². The van der Waals surface area contributed by atoms with E-state index < -0.39 is 15.7 Å². The van der Waals surface area contributed by atoms with E-state index in [0.29, 0.717) is 22.3 Å². The van der Waals surface area contributed by atoms with Crippen LogP contribution in [0, 0.1) is 13.0 Å². The lowest BCUT2D eigenvalue weighted by molar-refractivity contribution is 0.100. The van der Waals surface area contributed by atoms with Gasteiger partial charge in [0.05, 0.1) is 10.5 Å². The van der Waals surface area contributed by atoms with E-state index in [1.807, 2.05) is 0 Å². The molecule has 2 aromatic carbocycles. The number of primary amides is 1. The van der Waals surface area contributed by atoms with Gasteiger partial charge in [-0.1, -0.05) is 30.3 Å². The normalized spacial score (nSPS) is 11.3. The quantitative estimate of drug-likeness (QED) is 0.938. The van der Waals surface area contributed by atoms with E-state index in [2.05, 4.69) is 6.07 Å². The molecule has 0 fully saturated rings. The third-order valence-electron chi connectivity index (χ3n) is 3.02. The molecular formula is C15H14NO3S. The largest absolute Gasteiger partial charge is 0.366 e. The summed E-state index contributed by atoms with van der Waals surface area (Å²) in [7, 11) is -3.40. The molecule has 20 heavy (non-hydrogen) atoms. The van der Waals surface area contributed by atoms with E-state index in [0.717, 1.165) is 6.26 Å². The van der Waals surface area contributed by atoms with E-state index >= 15 is 0 Å². The molecule has 5 heteroatoms. The maximum absolute atomic E-state index is 11.9. The maximum atomic E-state index is 11.9. The van der Waals surface area contributed by atoms with Gasteiger partial charge >= 0.3 is 0 Å². The lowest BCUT2D eigenvalue weighted by Gasteiger charge is -2.12. The van der Waals surface area contributed by atoms with Crippen molar-refractivity contribution in [3.8, 4) is 11.1 Å². The zero-order valence-corrected chi connectivity index (χ0v) is 12.0. The number of aryl methyl sites for hydroxylation is 1. The number of hydrogen-bond acceptors (Lipinski definition) is 3. The Hall–Kier alpha value is -2.14. The minimum atomic E-state index is -3.40. The summed E-state index contributed by atoms with van der Waals surface area (Å²) in [5.74, 6) is -0.599. The van der Waals surface area contributed by atoms with Crippen molar-refractivity contribution in [3.63, 3.8) is 0 Å². The molecule has 0 aliphatic rings. The predicted molar refractivity (Wildman–Crippen MR) is 77.1 cm³/mol. The van der Waals surface area contributed by atoms with Gasteiger partial charge in [-0.2, -0.15) is 0 Å². The van der Waals surface area contributed by atoms with Crippen LogP contribution in [0.3, 0.4) is 0 Å². The van der Waals surface area contributed by atoms with Gasteiger partial charge in [-0.05, 0) is 30.2 Å². The van der Waals surface area contributed by atoms with E-state index in [9.17, 15) is 13.2 Å². The number of sulfone groups is 1. The highest BCUT2D eigenvalue weighted by Crippen LogP contribution is 2.31. The van der Waals surface area contributed by atoms with Crippen LogP contribution in [0.2, 0.25) is 0 Å². The third-order valence-corrected chi connectivity index (χ3v) is 4.17. The topological polar surface area (TPSA) is 77.2 Å². The van der Waals surface area contributed by atoms with Crippen molar-refractivity contribution >= 4 is 15.7 Å². The molecule has 2 aromatic rings. The number of hydrogen-bond donors (Lipinski definition) is 1. The highest BCUT2D eigenvalue weighted by atomic mass is 32.2. The molecule has 0 bridgehead atoms. The van der Waals surface area contributed by atoms with Crippen LogP contribution in [-0.4, -0.2) is 20.6 Å². The van der Waals surface area contributed by atoms with E-state index in [1.54, 1.807) is 37.3 Å². The first kappa shape index (κ1) is 14.3. The number of nitrogens with two attached hydrogens (primary N) is 1. The molecule has 0 aliphatic carbocycles. The monoisotopic (exact) mass is 288 g/mol. The molecule has 0 atom stereocenters. The van der Waals surface area contributed by atoms with Crippen molar-refractivity contribution in [2.45, 2.75) is 11.8 Å². The zero-order valence-electron chi connectivity index (χ0n) is 11.2. The standard InChI is InChI=1S/C15H14NO3S/c1-10-6-5-8-12(14(10)15(16)17)11-7-3-4-9-13(11)20(2,18)19/h3-5,7-9H,1-2H3,(H2,16,17). The number of rotatable bonds is 3. The summed E-state index contributed by atoms with van der Waals surface area (Å²) in [6, 6.07) is 12.7. The fourth-order valence-electron chi connectivity index (χ4n) is 2.16. The highest BCUT2D eigenvalue weighted by Gasteiger charge is 2.19. The Morgan fingerprint density at radius 2 is 1.80 bits per heavy atom. The second-order valence-corrected chi connectivity index (χ2v) is 6.51. The van der Waals surface area contributed by atoms with Gasteiger partial charge in [0, 0.05) is 11.8 Å². The Morgan fingerprint density at radius 1 is 1.15 bits per heavy atom. The summed E-state index contributed by atoms with van der Waals surface area (Å²) < 4.78 is 23.7. The average Bonchev–Trinajstić information content (AvgIpc) is 2.37. The van der Waals surface area contributed by atoms with Crippen LogP contribution in [0.4, 0.5) is 0 Å². The lowest BCUT2D eigenvalue weighted by Crippen LogP contribution is -2.15. The molecule has 4 nitrogen and oxygen atoms in total. The van der Waals surface area contributed by atoms with Gasteiger partial charge in [0.1, 0.15) is 0 Å². The molecule has 103 valence electrons. The molecule has 1 amide bonds. The Morgan fingerprint density at radius 3 is 2.40 bits per heavy atom. The van der Waals surface area contributed by atoms with Crippen molar-refractivity contribution in [2.75, 3.05) is 6.26 Å². The first-order valence-corrected chi connectivity index (χ1v) is 7.82. The van der Waals surface area contributed by atoms with Gasteiger partial charge in [0.2, 0.25) is 5.91 Å². The minimum absolute atomic E-state index is 0.174. The zero-order chi connectivity index (χ0) is 14.9. The fraction of sp³-hybridized carbons (Fsp3) is 0.133. The van der Waals surface area contributed by atoms with Gasteiger partial charge in [0.15, 0.2) is 9.84 Å². The molecule has 0 saturated heterocycles.